The lowest BCUT2D eigenvalue weighted by molar-refractivity contribution is -0.141. The Morgan fingerprint density at radius 1 is 1.44 bits per heavy atom. The van der Waals surface area contributed by atoms with Gasteiger partial charge in [-0.25, -0.2) is 0 Å². The van der Waals surface area contributed by atoms with Gasteiger partial charge in [-0.3, -0.25) is 9.78 Å². The zero-order valence-corrected chi connectivity index (χ0v) is 9.84. The van der Waals surface area contributed by atoms with Crippen molar-refractivity contribution in [1.82, 2.24) is 20.0 Å². The molecular formula is C10H12F3N5. The number of aryl methyl sites for hydroxylation is 1. The van der Waals surface area contributed by atoms with Crippen LogP contribution in [0.4, 0.5) is 18.9 Å². The van der Waals surface area contributed by atoms with Crippen LogP contribution in [0.15, 0.2) is 12.3 Å². The van der Waals surface area contributed by atoms with Gasteiger partial charge in [0.1, 0.15) is 0 Å². The maximum absolute atomic E-state index is 12.3. The monoisotopic (exact) mass is 259 g/mol. The summed E-state index contributed by atoms with van der Waals surface area (Å²) in [6.45, 7) is 2.10. The fourth-order valence-corrected chi connectivity index (χ4v) is 1.46. The molecule has 0 saturated carbocycles. The van der Waals surface area contributed by atoms with Crippen molar-refractivity contribution in [3.05, 3.63) is 29.3 Å². The Hall–Kier alpha value is -1.99. The average Bonchev–Trinajstić information content (AvgIpc) is 2.86. The molecule has 18 heavy (non-hydrogen) atoms. The highest BCUT2D eigenvalue weighted by molar-refractivity contribution is 5.45. The Kier molecular flexibility index (Phi) is 3.02. The van der Waals surface area contributed by atoms with Crippen LogP contribution in [0.3, 0.4) is 0 Å². The van der Waals surface area contributed by atoms with Crippen LogP contribution in [0.25, 0.3) is 0 Å². The number of anilines is 1. The molecule has 0 amide bonds. The Bertz CT molecular complexity index is 540. The molecule has 2 rings (SSSR count). The number of nitrogens with zero attached hydrogens (tertiary/aromatic N) is 3. The van der Waals surface area contributed by atoms with E-state index < -0.39 is 11.9 Å². The molecule has 0 spiro atoms. The molecule has 0 aliphatic carbocycles. The van der Waals surface area contributed by atoms with Crippen LogP contribution >= 0.6 is 0 Å². The first-order valence-electron chi connectivity index (χ1n) is 5.22. The number of hydrogen-bond donors (Lipinski definition) is 2. The van der Waals surface area contributed by atoms with Crippen molar-refractivity contribution >= 4 is 5.69 Å². The number of aromatic nitrogens is 4. The van der Waals surface area contributed by atoms with Gasteiger partial charge < -0.3 is 5.32 Å². The molecule has 2 N–H and O–H groups in total. The van der Waals surface area contributed by atoms with Gasteiger partial charge in [0.2, 0.25) is 0 Å². The van der Waals surface area contributed by atoms with E-state index in [1.807, 2.05) is 6.92 Å². The summed E-state index contributed by atoms with van der Waals surface area (Å²) in [5, 5.41) is 12.6. The van der Waals surface area contributed by atoms with Gasteiger partial charge in [0.05, 0.1) is 29.8 Å². The van der Waals surface area contributed by atoms with Crippen molar-refractivity contribution in [2.75, 3.05) is 5.32 Å². The van der Waals surface area contributed by atoms with Crippen LogP contribution in [0, 0.1) is 6.92 Å². The molecule has 0 atom stereocenters. The Morgan fingerprint density at radius 2 is 2.17 bits per heavy atom. The molecule has 2 heterocycles. The van der Waals surface area contributed by atoms with Crippen LogP contribution in [-0.4, -0.2) is 20.0 Å². The molecule has 0 aliphatic heterocycles. The molecule has 0 unspecified atom stereocenters. The highest BCUT2D eigenvalue weighted by atomic mass is 19.4. The van der Waals surface area contributed by atoms with E-state index in [1.165, 1.54) is 0 Å². The first-order valence-corrected chi connectivity index (χ1v) is 5.22. The van der Waals surface area contributed by atoms with E-state index in [0.717, 1.165) is 17.4 Å². The second kappa shape index (κ2) is 4.35. The van der Waals surface area contributed by atoms with E-state index >= 15 is 0 Å². The lowest BCUT2D eigenvalue weighted by atomic mass is 10.3. The van der Waals surface area contributed by atoms with E-state index in [4.69, 9.17) is 0 Å². The predicted molar refractivity (Wildman–Crippen MR) is 58.9 cm³/mol. The van der Waals surface area contributed by atoms with Gasteiger partial charge in [0.15, 0.2) is 5.69 Å². The predicted octanol–water partition coefficient (Wildman–Crippen LogP) is 2.08. The zero-order valence-electron chi connectivity index (χ0n) is 9.84. The maximum Gasteiger partial charge on any atom is 0.435 e. The van der Waals surface area contributed by atoms with Gasteiger partial charge in [-0.15, -0.1) is 0 Å². The van der Waals surface area contributed by atoms with Gasteiger partial charge in [-0.1, -0.05) is 0 Å². The van der Waals surface area contributed by atoms with E-state index in [0.29, 0.717) is 5.69 Å². The van der Waals surface area contributed by atoms with E-state index in [-0.39, 0.29) is 6.54 Å². The molecule has 2 aromatic heterocycles. The fraction of sp³-hybridized carbons (Fsp3) is 0.400. The van der Waals surface area contributed by atoms with E-state index in [9.17, 15) is 13.2 Å². The number of rotatable bonds is 3. The Morgan fingerprint density at radius 3 is 2.67 bits per heavy atom. The topological polar surface area (TPSA) is 58.5 Å². The highest BCUT2D eigenvalue weighted by Gasteiger charge is 2.33. The van der Waals surface area contributed by atoms with Crippen LogP contribution < -0.4 is 5.32 Å². The van der Waals surface area contributed by atoms with E-state index in [1.54, 1.807) is 17.9 Å². The quantitative estimate of drug-likeness (QED) is 0.887. The lowest BCUT2D eigenvalue weighted by Crippen LogP contribution is -2.04. The Balaban J connectivity index is 2.03. The number of halogens is 3. The second-order valence-corrected chi connectivity index (χ2v) is 3.90. The number of aromatic amines is 1. The van der Waals surface area contributed by atoms with Gasteiger partial charge in [-0.2, -0.15) is 23.4 Å². The number of hydrogen-bond acceptors (Lipinski definition) is 3. The largest absolute Gasteiger partial charge is 0.435 e. The van der Waals surface area contributed by atoms with Gasteiger partial charge in [-0.05, 0) is 13.0 Å². The molecule has 0 saturated heterocycles. The van der Waals surface area contributed by atoms with Gasteiger partial charge >= 0.3 is 6.18 Å². The first-order chi connectivity index (χ1) is 8.38. The lowest BCUT2D eigenvalue weighted by Gasteiger charge is -2.03. The van der Waals surface area contributed by atoms with Crippen molar-refractivity contribution < 1.29 is 13.2 Å². The molecule has 0 radical (unpaired) electrons. The SMILES string of the molecule is Cc1c(NCc2cc(C(F)(F)F)n[nH]2)cnn1C. The molecule has 0 fully saturated rings. The standard InChI is InChI=1S/C10H12F3N5/c1-6-8(5-15-18(6)2)14-4-7-3-9(17-16-7)10(11,12)13/h3,5,14H,4H2,1-2H3,(H,16,17). The number of nitrogens with one attached hydrogen (secondary N) is 2. The van der Waals surface area contributed by atoms with Crippen molar-refractivity contribution in [1.29, 1.82) is 0 Å². The van der Waals surface area contributed by atoms with Crippen molar-refractivity contribution in [2.24, 2.45) is 7.05 Å². The first kappa shape index (κ1) is 12.5. The molecule has 0 aromatic carbocycles. The van der Waals surface area contributed by atoms with Crippen molar-refractivity contribution in [3.63, 3.8) is 0 Å². The molecule has 0 bridgehead atoms. The summed E-state index contributed by atoms with van der Waals surface area (Å²) in [6.07, 6.45) is -2.80. The summed E-state index contributed by atoms with van der Waals surface area (Å²) in [6, 6.07) is 0.985. The zero-order chi connectivity index (χ0) is 13.3. The minimum absolute atomic E-state index is 0.232. The second-order valence-electron chi connectivity index (χ2n) is 3.90. The summed E-state index contributed by atoms with van der Waals surface area (Å²) < 4.78 is 38.6. The minimum atomic E-state index is -4.42. The summed E-state index contributed by atoms with van der Waals surface area (Å²) in [5.41, 5.74) is 1.14. The molecule has 2 aromatic rings. The smallest absolute Gasteiger partial charge is 0.377 e. The van der Waals surface area contributed by atoms with Crippen LogP contribution in [0.2, 0.25) is 0 Å². The third kappa shape index (κ3) is 2.47. The summed E-state index contributed by atoms with van der Waals surface area (Å²) in [7, 11) is 1.79. The van der Waals surface area contributed by atoms with E-state index in [2.05, 4.69) is 20.6 Å². The number of alkyl halides is 3. The van der Waals surface area contributed by atoms with Crippen LogP contribution in [0.1, 0.15) is 17.1 Å². The molecular weight excluding hydrogens is 247 g/mol. The molecule has 98 valence electrons. The summed E-state index contributed by atoms with van der Waals surface area (Å²) >= 11 is 0. The number of H-pyrrole nitrogens is 1. The summed E-state index contributed by atoms with van der Waals surface area (Å²) in [5.74, 6) is 0. The third-order valence-electron chi connectivity index (χ3n) is 2.63. The molecule has 8 heteroatoms. The van der Waals surface area contributed by atoms with Crippen molar-refractivity contribution in [3.8, 4) is 0 Å². The third-order valence-corrected chi connectivity index (χ3v) is 2.63. The highest BCUT2D eigenvalue weighted by Crippen LogP contribution is 2.27. The van der Waals surface area contributed by atoms with Crippen LogP contribution in [-0.2, 0) is 19.8 Å². The fourth-order valence-electron chi connectivity index (χ4n) is 1.46. The molecule has 0 aliphatic rings. The van der Waals surface area contributed by atoms with Crippen molar-refractivity contribution in [2.45, 2.75) is 19.6 Å². The van der Waals surface area contributed by atoms with Gasteiger partial charge in [0, 0.05) is 7.05 Å². The average molecular weight is 259 g/mol. The Labute approximate surface area is 101 Å². The van der Waals surface area contributed by atoms with Gasteiger partial charge in [0.25, 0.3) is 0 Å². The normalized spacial score (nSPS) is 11.8. The molecule has 5 nitrogen and oxygen atoms in total. The maximum atomic E-state index is 12.3. The van der Waals surface area contributed by atoms with Crippen LogP contribution in [0.5, 0.6) is 0 Å². The minimum Gasteiger partial charge on any atom is -0.377 e. The summed E-state index contributed by atoms with van der Waals surface area (Å²) in [4.78, 5) is 0.